The van der Waals surface area contributed by atoms with E-state index < -0.39 is 13.0 Å². The molecule has 1 atom stereocenters. The van der Waals surface area contributed by atoms with Crippen LogP contribution < -0.4 is 14.8 Å². The predicted octanol–water partition coefficient (Wildman–Crippen LogP) is 5.04. The molecule has 8 heteroatoms. The van der Waals surface area contributed by atoms with E-state index in [9.17, 15) is 22.0 Å². The van der Waals surface area contributed by atoms with Crippen LogP contribution in [0.25, 0.3) is 0 Å². The summed E-state index contributed by atoms with van der Waals surface area (Å²) in [5.74, 6) is -0.272. The second kappa shape index (κ2) is 8.15. The lowest BCUT2D eigenvalue weighted by molar-refractivity contribution is -0.274. The largest absolute Gasteiger partial charge is 0.573 e. The predicted molar refractivity (Wildman–Crippen MR) is 81.5 cm³/mol. The summed E-state index contributed by atoms with van der Waals surface area (Å²) in [5, 5.41) is 3.03. The van der Waals surface area contributed by atoms with E-state index in [4.69, 9.17) is 0 Å². The van der Waals surface area contributed by atoms with Crippen LogP contribution in [0.1, 0.15) is 24.1 Å². The quantitative estimate of drug-likeness (QED) is 0.701. The molecular formula is C17H16F5NO2. The van der Waals surface area contributed by atoms with E-state index in [-0.39, 0.29) is 24.1 Å². The van der Waals surface area contributed by atoms with Crippen molar-refractivity contribution in [2.45, 2.75) is 32.5 Å². The lowest BCUT2D eigenvalue weighted by Gasteiger charge is -2.18. The molecule has 25 heavy (non-hydrogen) atoms. The summed E-state index contributed by atoms with van der Waals surface area (Å²) in [6.07, 6.45) is -4.78. The van der Waals surface area contributed by atoms with Crippen molar-refractivity contribution in [3.63, 3.8) is 0 Å². The molecule has 0 saturated carbocycles. The maximum atomic E-state index is 12.4. The molecule has 136 valence electrons. The number of benzene rings is 2. The minimum absolute atomic E-state index is 0.0157. The highest BCUT2D eigenvalue weighted by Crippen LogP contribution is 2.27. The van der Waals surface area contributed by atoms with E-state index in [0.717, 1.165) is 0 Å². The fourth-order valence-electron chi connectivity index (χ4n) is 2.22. The lowest BCUT2D eigenvalue weighted by Crippen LogP contribution is -2.21. The molecule has 0 spiro atoms. The maximum Gasteiger partial charge on any atom is 0.573 e. The summed E-state index contributed by atoms with van der Waals surface area (Å²) < 4.78 is 70.1. The van der Waals surface area contributed by atoms with Crippen LogP contribution in [-0.4, -0.2) is 13.0 Å². The number of alkyl halides is 5. The zero-order valence-corrected chi connectivity index (χ0v) is 13.2. The van der Waals surface area contributed by atoms with E-state index >= 15 is 0 Å². The van der Waals surface area contributed by atoms with E-state index in [0.29, 0.717) is 11.1 Å². The molecular weight excluding hydrogens is 345 g/mol. The van der Waals surface area contributed by atoms with Crippen LogP contribution in [0.3, 0.4) is 0 Å². The van der Waals surface area contributed by atoms with Gasteiger partial charge in [-0.2, -0.15) is 8.78 Å². The summed E-state index contributed by atoms with van der Waals surface area (Å²) in [4.78, 5) is 0. The Morgan fingerprint density at radius 1 is 1.04 bits per heavy atom. The van der Waals surface area contributed by atoms with Gasteiger partial charge in [0, 0.05) is 18.2 Å². The van der Waals surface area contributed by atoms with Crippen LogP contribution in [0.4, 0.5) is 22.0 Å². The molecule has 0 fully saturated rings. The third kappa shape index (κ3) is 6.22. The Balaban J connectivity index is 2.04. The minimum Gasteiger partial charge on any atom is -0.435 e. The second-order valence-electron chi connectivity index (χ2n) is 5.21. The molecule has 0 amide bonds. The standard InChI is InChI=1S/C17H16F5NO2/c1-11(12-6-4-7-14(9-12)24-16(18)19)23-10-13-5-2-3-8-15(13)25-17(20,21)22/h2-9,11,16,23H,10H2,1H3. The number of nitrogens with one attached hydrogen (secondary N) is 1. The first-order chi connectivity index (χ1) is 11.7. The first kappa shape index (κ1) is 19.0. The van der Waals surface area contributed by atoms with Gasteiger partial charge in [-0.3, -0.25) is 0 Å². The van der Waals surface area contributed by atoms with Crippen molar-refractivity contribution in [3.8, 4) is 11.5 Å². The Hall–Kier alpha value is -2.35. The Labute approximate surface area is 141 Å². The van der Waals surface area contributed by atoms with Gasteiger partial charge in [0.1, 0.15) is 11.5 Å². The first-order valence-electron chi connectivity index (χ1n) is 7.36. The maximum absolute atomic E-state index is 12.4. The molecule has 1 N–H and O–H groups in total. The Morgan fingerprint density at radius 2 is 1.76 bits per heavy atom. The highest BCUT2D eigenvalue weighted by Gasteiger charge is 2.31. The molecule has 2 aromatic rings. The van der Waals surface area contributed by atoms with Gasteiger partial charge in [-0.15, -0.1) is 13.2 Å². The van der Waals surface area contributed by atoms with Gasteiger partial charge in [-0.05, 0) is 30.7 Å². The van der Waals surface area contributed by atoms with Crippen molar-refractivity contribution in [1.82, 2.24) is 5.32 Å². The number of rotatable bonds is 7. The van der Waals surface area contributed by atoms with E-state index in [1.54, 1.807) is 25.1 Å². The Morgan fingerprint density at radius 3 is 2.44 bits per heavy atom. The zero-order valence-electron chi connectivity index (χ0n) is 13.2. The van der Waals surface area contributed by atoms with Crippen LogP contribution >= 0.6 is 0 Å². The van der Waals surface area contributed by atoms with Crippen molar-refractivity contribution in [1.29, 1.82) is 0 Å². The molecule has 1 unspecified atom stereocenters. The van der Waals surface area contributed by atoms with E-state index in [1.807, 2.05) is 0 Å². The molecule has 0 aliphatic heterocycles. The molecule has 0 heterocycles. The number of para-hydroxylation sites is 1. The van der Waals surface area contributed by atoms with Crippen LogP contribution in [-0.2, 0) is 6.54 Å². The topological polar surface area (TPSA) is 30.5 Å². The van der Waals surface area contributed by atoms with Crippen LogP contribution in [0.15, 0.2) is 48.5 Å². The normalized spacial score (nSPS) is 12.9. The molecule has 0 aliphatic carbocycles. The highest BCUT2D eigenvalue weighted by atomic mass is 19.4. The molecule has 0 aromatic heterocycles. The van der Waals surface area contributed by atoms with Crippen LogP contribution in [0, 0.1) is 0 Å². The van der Waals surface area contributed by atoms with E-state index in [2.05, 4.69) is 14.8 Å². The third-order valence-corrected chi connectivity index (χ3v) is 3.38. The first-order valence-corrected chi connectivity index (χ1v) is 7.36. The summed E-state index contributed by atoms with van der Waals surface area (Å²) in [6, 6.07) is 11.6. The van der Waals surface area contributed by atoms with Gasteiger partial charge in [0.2, 0.25) is 0 Å². The third-order valence-electron chi connectivity index (χ3n) is 3.38. The van der Waals surface area contributed by atoms with Gasteiger partial charge in [-0.1, -0.05) is 30.3 Å². The summed E-state index contributed by atoms with van der Waals surface area (Å²) >= 11 is 0. The Kier molecular flexibility index (Phi) is 6.19. The molecule has 3 nitrogen and oxygen atoms in total. The van der Waals surface area contributed by atoms with Gasteiger partial charge < -0.3 is 14.8 Å². The summed E-state index contributed by atoms with van der Waals surface area (Å²) in [7, 11) is 0. The number of halogens is 5. The number of hydrogen-bond acceptors (Lipinski definition) is 3. The number of ether oxygens (including phenoxy) is 2. The fourth-order valence-corrected chi connectivity index (χ4v) is 2.22. The monoisotopic (exact) mass is 361 g/mol. The Bertz CT molecular complexity index is 691. The van der Waals surface area contributed by atoms with E-state index in [1.165, 1.54) is 30.3 Å². The van der Waals surface area contributed by atoms with Crippen LogP contribution in [0.2, 0.25) is 0 Å². The smallest absolute Gasteiger partial charge is 0.435 e. The molecule has 0 bridgehead atoms. The molecule has 0 radical (unpaired) electrons. The van der Waals surface area contributed by atoms with Gasteiger partial charge >= 0.3 is 13.0 Å². The van der Waals surface area contributed by atoms with Crippen molar-refractivity contribution in [3.05, 3.63) is 59.7 Å². The van der Waals surface area contributed by atoms with Gasteiger partial charge in [0.25, 0.3) is 0 Å². The van der Waals surface area contributed by atoms with Gasteiger partial charge in [-0.25, -0.2) is 0 Å². The molecule has 2 rings (SSSR count). The summed E-state index contributed by atoms with van der Waals surface area (Å²) in [5.41, 5.74) is 0.985. The average Bonchev–Trinajstić information content (AvgIpc) is 2.52. The van der Waals surface area contributed by atoms with Gasteiger partial charge in [0.15, 0.2) is 0 Å². The molecule has 0 aliphatic rings. The fraction of sp³-hybridized carbons (Fsp3) is 0.294. The average molecular weight is 361 g/mol. The second-order valence-corrected chi connectivity index (χ2v) is 5.21. The van der Waals surface area contributed by atoms with Crippen molar-refractivity contribution >= 4 is 0 Å². The molecule has 0 saturated heterocycles. The zero-order chi connectivity index (χ0) is 18.4. The molecule has 2 aromatic carbocycles. The lowest BCUT2D eigenvalue weighted by atomic mass is 10.1. The van der Waals surface area contributed by atoms with Crippen molar-refractivity contribution < 1.29 is 31.4 Å². The summed E-state index contributed by atoms with van der Waals surface area (Å²) in [6.45, 7) is -1.06. The van der Waals surface area contributed by atoms with Crippen LogP contribution in [0.5, 0.6) is 11.5 Å². The highest BCUT2D eigenvalue weighted by molar-refractivity contribution is 5.34. The SMILES string of the molecule is CC(NCc1ccccc1OC(F)(F)F)c1cccc(OC(F)F)c1. The van der Waals surface area contributed by atoms with Crippen molar-refractivity contribution in [2.75, 3.05) is 0 Å². The minimum atomic E-state index is -4.78. The van der Waals surface area contributed by atoms with Gasteiger partial charge in [0.05, 0.1) is 0 Å². The number of hydrogen-bond donors (Lipinski definition) is 1. The van der Waals surface area contributed by atoms with Crippen molar-refractivity contribution in [2.24, 2.45) is 0 Å².